The van der Waals surface area contributed by atoms with Crippen LogP contribution in [0.1, 0.15) is 11.1 Å². The van der Waals surface area contributed by atoms with E-state index in [0.717, 1.165) is 11.5 Å². The average Bonchev–Trinajstić information content (AvgIpc) is 2.43. The van der Waals surface area contributed by atoms with Crippen LogP contribution >= 0.6 is 19.6 Å². The normalized spacial score (nSPS) is 10.6. The maximum Gasteiger partial charge on any atom is -0.147 e. The van der Waals surface area contributed by atoms with E-state index in [-0.39, 0.29) is 12.4 Å². The van der Waals surface area contributed by atoms with Crippen LogP contribution in [0.3, 0.4) is 0 Å². The molecular formula is C15H19ClCrO2P. The van der Waals surface area contributed by atoms with Gasteiger partial charge in [-0.2, -0.15) is 0 Å². The molecule has 109 valence electrons. The maximum absolute atomic E-state index is 5.97. The molecular weight excluding hydrogens is 331 g/mol. The number of hydrogen-bond donors (Lipinski definition) is 0. The molecule has 0 spiro atoms. The van der Waals surface area contributed by atoms with E-state index in [1.165, 1.54) is 11.1 Å². The summed E-state index contributed by atoms with van der Waals surface area (Å²) < 4.78 is 11.9. The Bertz CT molecular complexity index is 469. The maximum atomic E-state index is 5.97. The molecule has 0 radical (unpaired) electrons. The van der Waals surface area contributed by atoms with E-state index in [0.29, 0.717) is 7.23 Å². The van der Waals surface area contributed by atoms with E-state index in [1.54, 1.807) is 0 Å². The van der Waals surface area contributed by atoms with E-state index >= 15 is 0 Å². The second-order valence-corrected chi connectivity index (χ2v) is 9.18. The van der Waals surface area contributed by atoms with Gasteiger partial charge in [0.2, 0.25) is 0 Å². The zero-order valence-corrected chi connectivity index (χ0v) is 14.8. The Kier molecular flexibility index (Phi) is 7.42. The third kappa shape index (κ3) is 5.35. The smallest absolute Gasteiger partial charge is 0.147 e. The molecule has 5 heteroatoms. The van der Waals surface area contributed by atoms with Crippen LogP contribution in [0.15, 0.2) is 48.5 Å². The number of hydrogen-bond acceptors (Lipinski definition) is 2. The fourth-order valence-corrected chi connectivity index (χ4v) is 4.15. The van der Waals surface area contributed by atoms with Crippen molar-refractivity contribution < 1.29 is 21.9 Å². The summed E-state index contributed by atoms with van der Waals surface area (Å²) in [6.45, 7) is 6.27. The van der Waals surface area contributed by atoms with Gasteiger partial charge in [0.05, 0.1) is 0 Å². The van der Waals surface area contributed by atoms with Crippen molar-refractivity contribution in [2.75, 3.05) is 6.66 Å². The molecule has 0 aromatic heterocycles. The fourth-order valence-electron chi connectivity index (χ4n) is 1.46. The van der Waals surface area contributed by atoms with Gasteiger partial charge in [-0.25, -0.2) is 0 Å². The summed E-state index contributed by atoms with van der Waals surface area (Å²) in [6.07, 6.45) is 0. The molecule has 0 bridgehead atoms. The summed E-state index contributed by atoms with van der Waals surface area (Å²) in [7, 11) is 0.675. The van der Waals surface area contributed by atoms with E-state index in [4.69, 9.17) is 7.58 Å². The van der Waals surface area contributed by atoms with Gasteiger partial charge >= 0.3 is 121 Å². The molecule has 0 aliphatic rings. The van der Waals surface area contributed by atoms with Crippen molar-refractivity contribution in [1.82, 2.24) is 0 Å². The Morgan fingerprint density at radius 3 is 1.40 bits per heavy atom. The molecule has 20 heavy (non-hydrogen) atoms. The first-order valence-electron chi connectivity index (χ1n) is 6.09. The van der Waals surface area contributed by atoms with Gasteiger partial charge in [0, 0.05) is 0 Å². The first-order valence-corrected chi connectivity index (χ1v) is 10.5. The van der Waals surface area contributed by atoms with Crippen LogP contribution in [0.5, 0.6) is 11.5 Å². The number of halogens is 1. The van der Waals surface area contributed by atoms with Gasteiger partial charge < -0.3 is 0 Å². The van der Waals surface area contributed by atoms with Crippen LogP contribution in [-0.4, -0.2) is 6.66 Å². The van der Waals surface area contributed by atoms with E-state index in [1.807, 2.05) is 24.3 Å². The average molecular weight is 350 g/mol. The summed E-state index contributed by atoms with van der Waals surface area (Å²) in [4.78, 5) is 0. The molecule has 2 rings (SSSR count). The van der Waals surface area contributed by atoms with E-state index < -0.39 is 14.4 Å². The SMILES string of the molecule is C[PH][Cr]([O]c1ccc(C)cc1)[O]c1ccc(C)cc1.Cl. The molecule has 1 unspecified atom stereocenters. The Morgan fingerprint density at radius 1 is 0.750 bits per heavy atom. The summed E-state index contributed by atoms with van der Waals surface area (Å²) >= 11 is -1.53. The summed E-state index contributed by atoms with van der Waals surface area (Å²) in [5, 5.41) is 0. The Hall–Kier alpha value is -0.708. The molecule has 0 saturated heterocycles. The van der Waals surface area contributed by atoms with Crippen molar-refractivity contribution in [3.05, 3.63) is 59.7 Å². The van der Waals surface area contributed by atoms with Crippen LogP contribution < -0.4 is 7.58 Å². The third-order valence-corrected chi connectivity index (χ3v) is 6.21. The Balaban J connectivity index is 0.00000200. The molecule has 2 aromatic carbocycles. The summed E-state index contributed by atoms with van der Waals surface area (Å²) in [5.41, 5.74) is 2.48. The van der Waals surface area contributed by atoms with Gasteiger partial charge in [-0.3, -0.25) is 0 Å². The summed E-state index contributed by atoms with van der Waals surface area (Å²) in [6, 6.07) is 16.3. The zero-order valence-electron chi connectivity index (χ0n) is 11.8. The van der Waals surface area contributed by atoms with Crippen molar-refractivity contribution >= 4 is 19.6 Å². The van der Waals surface area contributed by atoms with Crippen LogP contribution in [0.4, 0.5) is 0 Å². The number of rotatable bonds is 5. The van der Waals surface area contributed by atoms with Crippen LogP contribution in [0.2, 0.25) is 0 Å². The fraction of sp³-hybridized carbons (Fsp3) is 0.200. The molecule has 0 heterocycles. The number of aryl methyl sites for hydroxylation is 2. The van der Waals surface area contributed by atoms with E-state index in [2.05, 4.69) is 44.8 Å². The van der Waals surface area contributed by atoms with Crippen LogP contribution in [-0.2, 0) is 14.4 Å². The zero-order chi connectivity index (χ0) is 13.7. The predicted octanol–water partition coefficient (Wildman–Crippen LogP) is 4.85. The molecule has 0 fully saturated rings. The van der Waals surface area contributed by atoms with Gasteiger partial charge in [-0.1, -0.05) is 0 Å². The number of benzene rings is 2. The topological polar surface area (TPSA) is 18.5 Å². The minimum atomic E-state index is -1.53. The van der Waals surface area contributed by atoms with Crippen molar-refractivity contribution in [1.29, 1.82) is 0 Å². The Labute approximate surface area is 133 Å². The third-order valence-electron chi connectivity index (χ3n) is 2.55. The van der Waals surface area contributed by atoms with Gasteiger partial charge in [-0.05, 0) is 0 Å². The molecule has 0 N–H and O–H groups in total. The van der Waals surface area contributed by atoms with Gasteiger partial charge in [0.1, 0.15) is 0 Å². The molecule has 2 aromatic rings. The molecule has 1 atom stereocenters. The van der Waals surface area contributed by atoms with Gasteiger partial charge in [-0.15, -0.1) is 12.4 Å². The molecule has 0 saturated carbocycles. The molecule has 0 aliphatic carbocycles. The molecule has 2 nitrogen and oxygen atoms in total. The van der Waals surface area contributed by atoms with E-state index in [9.17, 15) is 0 Å². The standard InChI is InChI=1S/2C7H8O.CH4P.ClH.Cr/c2*1-6-2-4-7(8)5-3-6;1-2;;/h2*2-5,8H,1H3;2H,1H3;1H;/q;;-1;;+3/p-2. The second kappa shape index (κ2) is 8.55. The van der Waals surface area contributed by atoms with Crippen molar-refractivity contribution in [2.45, 2.75) is 13.8 Å². The van der Waals surface area contributed by atoms with Crippen LogP contribution in [0.25, 0.3) is 0 Å². The largest absolute Gasteiger partial charge is 0.147 e. The molecule has 0 aliphatic heterocycles. The van der Waals surface area contributed by atoms with Crippen molar-refractivity contribution in [2.24, 2.45) is 0 Å². The van der Waals surface area contributed by atoms with Crippen LogP contribution in [0, 0.1) is 13.8 Å². The van der Waals surface area contributed by atoms with Gasteiger partial charge in [0.25, 0.3) is 0 Å². The first kappa shape index (κ1) is 17.3. The minimum Gasteiger partial charge on any atom is -0.147 e. The monoisotopic (exact) mass is 349 g/mol. The summed E-state index contributed by atoms with van der Waals surface area (Å²) in [5.74, 6) is 1.80. The minimum absolute atomic E-state index is 0. The predicted molar refractivity (Wildman–Crippen MR) is 85.1 cm³/mol. The second-order valence-electron chi connectivity index (χ2n) is 4.23. The molecule has 0 amide bonds. The first-order chi connectivity index (χ1) is 9.17. The van der Waals surface area contributed by atoms with Gasteiger partial charge in [0.15, 0.2) is 0 Å². The quantitative estimate of drug-likeness (QED) is 0.718. The van der Waals surface area contributed by atoms with Crippen molar-refractivity contribution in [3.63, 3.8) is 0 Å². The van der Waals surface area contributed by atoms with Crippen molar-refractivity contribution in [3.8, 4) is 11.5 Å². The Morgan fingerprint density at radius 2 is 1.10 bits per heavy atom.